The Bertz CT molecular complexity index is 578. The maximum Gasteiger partial charge on any atom is 0.353 e. The number of carboxylic acids is 1. The Balaban J connectivity index is 2.35. The van der Waals surface area contributed by atoms with Crippen molar-refractivity contribution in [3.8, 4) is 11.3 Å². The molecule has 100 valence electrons. The number of ether oxygens (including phenoxy) is 1. The minimum Gasteiger partial charge on any atom is -0.477 e. The number of H-pyrrole nitrogens is 1. The number of hydrogen-bond acceptors (Lipinski definition) is 3. The molecule has 1 heterocycles. The van der Waals surface area contributed by atoms with Gasteiger partial charge in [-0.1, -0.05) is 24.3 Å². The van der Waals surface area contributed by atoms with Crippen molar-refractivity contribution in [1.29, 1.82) is 0 Å². The summed E-state index contributed by atoms with van der Waals surface area (Å²) in [7, 11) is 1.67. The molecule has 19 heavy (non-hydrogen) atoms. The number of rotatable bonds is 5. The topological polar surface area (TPSA) is 75.2 Å². The van der Waals surface area contributed by atoms with Gasteiger partial charge >= 0.3 is 5.97 Å². The van der Waals surface area contributed by atoms with Gasteiger partial charge in [-0.15, -0.1) is 0 Å². The third kappa shape index (κ3) is 3.00. The molecular weight excluding hydrogens is 244 g/mol. The second kappa shape index (κ2) is 5.67. The number of methoxy groups -OCH3 is 1. The van der Waals surface area contributed by atoms with Crippen LogP contribution in [0.2, 0.25) is 0 Å². The lowest BCUT2D eigenvalue weighted by Gasteiger charge is -2.12. The molecule has 0 bridgehead atoms. The molecule has 1 aromatic carbocycles. The van der Waals surface area contributed by atoms with Gasteiger partial charge in [-0.25, -0.2) is 4.79 Å². The van der Waals surface area contributed by atoms with Crippen LogP contribution in [-0.4, -0.2) is 34.5 Å². The van der Waals surface area contributed by atoms with Crippen LogP contribution in [0, 0.1) is 0 Å². The van der Waals surface area contributed by atoms with E-state index in [4.69, 9.17) is 9.84 Å². The van der Waals surface area contributed by atoms with Crippen LogP contribution in [0.4, 0.5) is 0 Å². The predicted molar refractivity (Wildman–Crippen MR) is 71.2 cm³/mol. The van der Waals surface area contributed by atoms with Crippen molar-refractivity contribution in [2.45, 2.75) is 19.4 Å². The van der Waals surface area contributed by atoms with Gasteiger partial charge < -0.3 is 9.84 Å². The number of benzene rings is 1. The lowest BCUT2D eigenvalue weighted by Crippen LogP contribution is -2.09. The van der Waals surface area contributed by atoms with Gasteiger partial charge in [0.25, 0.3) is 0 Å². The van der Waals surface area contributed by atoms with E-state index in [1.54, 1.807) is 13.2 Å². The highest BCUT2D eigenvalue weighted by atomic mass is 16.5. The normalized spacial score (nSPS) is 12.3. The van der Waals surface area contributed by atoms with Gasteiger partial charge in [0.2, 0.25) is 0 Å². The van der Waals surface area contributed by atoms with Crippen molar-refractivity contribution in [1.82, 2.24) is 10.2 Å². The largest absolute Gasteiger partial charge is 0.477 e. The number of aromatic amines is 1. The summed E-state index contributed by atoms with van der Waals surface area (Å²) in [4.78, 5) is 10.9. The molecule has 5 nitrogen and oxygen atoms in total. The third-order valence-electron chi connectivity index (χ3n) is 3.01. The molecule has 2 rings (SSSR count). The van der Waals surface area contributed by atoms with Crippen molar-refractivity contribution in [3.05, 3.63) is 41.6 Å². The molecule has 0 aliphatic heterocycles. The zero-order valence-electron chi connectivity index (χ0n) is 10.9. The van der Waals surface area contributed by atoms with E-state index in [1.165, 1.54) is 0 Å². The van der Waals surface area contributed by atoms with Crippen molar-refractivity contribution in [2.24, 2.45) is 0 Å². The molecule has 0 saturated heterocycles. The molecule has 2 aromatic rings. The Morgan fingerprint density at radius 2 is 2.21 bits per heavy atom. The molecule has 0 aliphatic rings. The predicted octanol–water partition coefficient (Wildman–Crippen LogP) is 2.35. The van der Waals surface area contributed by atoms with Crippen LogP contribution in [0.1, 0.15) is 23.0 Å². The summed E-state index contributed by atoms with van der Waals surface area (Å²) in [6, 6.07) is 9.33. The van der Waals surface area contributed by atoms with Crippen LogP contribution in [0.3, 0.4) is 0 Å². The van der Waals surface area contributed by atoms with E-state index in [2.05, 4.69) is 10.2 Å². The number of hydrogen-bond donors (Lipinski definition) is 2. The van der Waals surface area contributed by atoms with Gasteiger partial charge in [-0.05, 0) is 25.0 Å². The number of nitrogens with zero attached hydrogens (tertiary/aromatic N) is 1. The smallest absolute Gasteiger partial charge is 0.353 e. The number of carbonyl (C=O) groups is 1. The zero-order valence-corrected chi connectivity index (χ0v) is 10.9. The van der Waals surface area contributed by atoms with E-state index in [1.807, 2.05) is 31.2 Å². The highest BCUT2D eigenvalue weighted by Gasteiger charge is 2.13. The van der Waals surface area contributed by atoms with Crippen molar-refractivity contribution in [2.75, 3.05) is 7.11 Å². The summed E-state index contributed by atoms with van der Waals surface area (Å²) in [5, 5.41) is 15.5. The van der Waals surface area contributed by atoms with Crippen molar-refractivity contribution < 1.29 is 14.6 Å². The first-order valence-corrected chi connectivity index (χ1v) is 6.01. The SMILES string of the molecule is COC(C)Cc1ccccc1-c1cc(C(=O)O)[nH]n1. The molecule has 1 unspecified atom stereocenters. The molecule has 0 amide bonds. The molecule has 5 heteroatoms. The fourth-order valence-corrected chi connectivity index (χ4v) is 1.91. The van der Waals surface area contributed by atoms with Crippen molar-refractivity contribution >= 4 is 5.97 Å². The van der Waals surface area contributed by atoms with Gasteiger partial charge in [-0.3, -0.25) is 5.10 Å². The van der Waals surface area contributed by atoms with Crippen LogP contribution < -0.4 is 0 Å². The molecule has 0 fully saturated rings. The Kier molecular flexibility index (Phi) is 3.97. The number of nitrogens with one attached hydrogen (secondary N) is 1. The Labute approximate surface area is 111 Å². The fraction of sp³-hybridized carbons (Fsp3) is 0.286. The highest BCUT2D eigenvalue weighted by Crippen LogP contribution is 2.23. The Morgan fingerprint density at radius 1 is 1.47 bits per heavy atom. The van der Waals surface area contributed by atoms with E-state index in [9.17, 15) is 4.79 Å². The first-order chi connectivity index (χ1) is 9.11. The van der Waals surface area contributed by atoms with E-state index < -0.39 is 5.97 Å². The summed E-state index contributed by atoms with van der Waals surface area (Å²) in [6.07, 6.45) is 0.848. The van der Waals surface area contributed by atoms with Crippen LogP contribution in [0.25, 0.3) is 11.3 Å². The van der Waals surface area contributed by atoms with E-state index in [0.29, 0.717) is 5.69 Å². The van der Waals surface area contributed by atoms with E-state index in [0.717, 1.165) is 17.5 Å². The van der Waals surface area contributed by atoms with Gasteiger partial charge in [0.1, 0.15) is 5.69 Å². The molecular formula is C14H16N2O3. The maximum absolute atomic E-state index is 10.9. The molecule has 0 spiro atoms. The molecule has 0 aliphatic carbocycles. The summed E-state index contributed by atoms with van der Waals surface area (Å²) in [5.41, 5.74) is 2.73. The third-order valence-corrected chi connectivity index (χ3v) is 3.01. The van der Waals surface area contributed by atoms with Crippen LogP contribution in [0.5, 0.6) is 0 Å². The standard InChI is InChI=1S/C14H16N2O3/c1-9(19-2)7-10-5-3-4-6-11(10)12-8-13(14(17)18)16-15-12/h3-6,8-9H,7H2,1-2H3,(H,15,16)(H,17,18). The summed E-state index contributed by atoms with van der Waals surface area (Å²) in [6.45, 7) is 1.99. The average Bonchev–Trinajstić information content (AvgIpc) is 2.89. The zero-order chi connectivity index (χ0) is 13.8. The molecule has 1 aromatic heterocycles. The Morgan fingerprint density at radius 3 is 2.84 bits per heavy atom. The summed E-state index contributed by atoms with van der Waals surface area (Å²) in [5.74, 6) is -1.01. The van der Waals surface area contributed by atoms with E-state index >= 15 is 0 Å². The monoisotopic (exact) mass is 260 g/mol. The van der Waals surface area contributed by atoms with Crippen LogP contribution in [-0.2, 0) is 11.2 Å². The van der Waals surface area contributed by atoms with E-state index in [-0.39, 0.29) is 11.8 Å². The minimum absolute atomic E-state index is 0.0876. The quantitative estimate of drug-likeness (QED) is 0.865. The van der Waals surface area contributed by atoms with Gasteiger partial charge in [0.05, 0.1) is 11.8 Å². The van der Waals surface area contributed by atoms with Gasteiger partial charge in [0, 0.05) is 12.7 Å². The number of carboxylic acid groups (broad SMARTS) is 1. The average molecular weight is 260 g/mol. The van der Waals surface area contributed by atoms with Gasteiger partial charge in [0.15, 0.2) is 0 Å². The summed E-state index contributed by atoms with van der Waals surface area (Å²) >= 11 is 0. The van der Waals surface area contributed by atoms with Crippen molar-refractivity contribution in [3.63, 3.8) is 0 Å². The minimum atomic E-state index is -1.01. The molecule has 1 atom stereocenters. The maximum atomic E-state index is 10.9. The molecule has 2 N–H and O–H groups in total. The molecule has 0 saturated carbocycles. The number of aromatic nitrogens is 2. The molecule has 0 radical (unpaired) electrons. The van der Waals surface area contributed by atoms with Crippen LogP contribution in [0.15, 0.2) is 30.3 Å². The second-order valence-electron chi connectivity index (χ2n) is 4.38. The van der Waals surface area contributed by atoms with Crippen LogP contribution >= 0.6 is 0 Å². The first kappa shape index (κ1) is 13.3. The first-order valence-electron chi connectivity index (χ1n) is 6.01. The Hall–Kier alpha value is -2.14. The highest BCUT2D eigenvalue weighted by molar-refractivity contribution is 5.87. The number of aromatic carboxylic acids is 1. The lowest BCUT2D eigenvalue weighted by atomic mass is 9.99. The fourth-order valence-electron chi connectivity index (χ4n) is 1.91. The van der Waals surface area contributed by atoms with Gasteiger partial charge in [-0.2, -0.15) is 5.10 Å². The lowest BCUT2D eigenvalue weighted by molar-refractivity contribution is 0.0690. The summed E-state index contributed by atoms with van der Waals surface area (Å²) < 4.78 is 5.27. The second-order valence-corrected chi connectivity index (χ2v) is 4.38.